The number of fused-ring (bicyclic) bond motifs is 1. The molecule has 4 nitrogen and oxygen atoms in total. The van der Waals surface area contributed by atoms with Gasteiger partial charge in [0.2, 0.25) is 0 Å². The Morgan fingerprint density at radius 2 is 1.68 bits per heavy atom. The Balaban J connectivity index is 2.76. The highest BCUT2D eigenvalue weighted by Gasteiger charge is 2.20. The molecule has 0 saturated carbocycles. The first kappa shape index (κ1) is 19.1. The second-order valence-electron chi connectivity index (χ2n) is 5.48. The third kappa shape index (κ3) is 3.90. The average molecular weight is 363 g/mol. The van der Waals surface area contributed by atoms with Crippen LogP contribution in [0.15, 0.2) is 29.8 Å². The van der Waals surface area contributed by atoms with Crippen molar-refractivity contribution in [1.82, 2.24) is 0 Å². The molecule has 0 atom stereocenters. The maximum atomic E-state index is 12.3. The average Bonchev–Trinajstić information content (AvgIpc) is 2.62. The number of benzene rings is 2. The first-order valence-electron chi connectivity index (χ1n) is 8.28. The minimum atomic E-state index is -0.338. The molecule has 5 heteroatoms. The lowest BCUT2D eigenvalue weighted by Gasteiger charge is -2.16. The van der Waals surface area contributed by atoms with Crippen molar-refractivity contribution >= 4 is 34.4 Å². The van der Waals surface area contributed by atoms with Crippen molar-refractivity contribution in [3.8, 4) is 11.5 Å². The van der Waals surface area contributed by atoms with Gasteiger partial charge in [0, 0.05) is 21.9 Å². The van der Waals surface area contributed by atoms with Gasteiger partial charge in [-0.25, -0.2) is 4.79 Å². The summed E-state index contributed by atoms with van der Waals surface area (Å²) in [4.78, 5) is 12.3. The van der Waals surface area contributed by atoms with Crippen LogP contribution in [0.25, 0.3) is 16.8 Å². The molecule has 0 aromatic heterocycles. The van der Waals surface area contributed by atoms with E-state index in [2.05, 4.69) is 0 Å². The van der Waals surface area contributed by atoms with E-state index in [1.54, 1.807) is 27.2 Å². The van der Waals surface area contributed by atoms with Gasteiger partial charge in [-0.2, -0.15) is 0 Å². The second kappa shape index (κ2) is 8.77. The van der Waals surface area contributed by atoms with Crippen LogP contribution in [0.3, 0.4) is 0 Å². The fourth-order valence-corrected chi connectivity index (χ4v) is 3.13. The van der Waals surface area contributed by atoms with Crippen LogP contribution in [0, 0.1) is 0 Å². The second-order valence-corrected chi connectivity index (χ2v) is 5.86. The standard InChI is InChI=1S/C20H23ClO4/c1-5-9-13(20(22)25-6-2)12-16-17(21)19(24-4)15-11-8-7-10-14(15)18(16)23-3/h7-8,10-12H,5-6,9H2,1-4H3/b13-12-. The summed E-state index contributed by atoms with van der Waals surface area (Å²) in [5.41, 5.74) is 1.18. The molecule has 0 aliphatic rings. The summed E-state index contributed by atoms with van der Waals surface area (Å²) < 4.78 is 16.3. The molecule has 0 bridgehead atoms. The van der Waals surface area contributed by atoms with E-state index in [9.17, 15) is 4.79 Å². The van der Waals surface area contributed by atoms with Crippen molar-refractivity contribution in [2.75, 3.05) is 20.8 Å². The summed E-state index contributed by atoms with van der Waals surface area (Å²) >= 11 is 6.60. The molecule has 0 aliphatic heterocycles. The number of methoxy groups -OCH3 is 2. The van der Waals surface area contributed by atoms with Gasteiger partial charge in [0.25, 0.3) is 0 Å². The Labute approximate surface area is 153 Å². The van der Waals surface area contributed by atoms with Gasteiger partial charge in [0.1, 0.15) is 11.5 Å². The van der Waals surface area contributed by atoms with Gasteiger partial charge >= 0.3 is 5.97 Å². The molecule has 2 aromatic carbocycles. The highest BCUT2D eigenvalue weighted by Crippen LogP contribution is 2.44. The maximum Gasteiger partial charge on any atom is 0.334 e. The number of hydrogen-bond acceptors (Lipinski definition) is 4. The molecule has 0 saturated heterocycles. The summed E-state index contributed by atoms with van der Waals surface area (Å²) in [6, 6.07) is 7.70. The fourth-order valence-electron chi connectivity index (χ4n) is 2.81. The lowest BCUT2D eigenvalue weighted by Crippen LogP contribution is -2.08. The summed E-state index contributed by atoms with van der Waals surface area (Å²) in [6.45, 7) is 4.12. The fraction of sp³-hybridized carbons (Fsp3) is 0.350. The summed E-state index contributed by atoms with van der Waals surface area (Å²) in [5.74, 6) is 0.831. The molecule has 25 heavy (non-hydrogen) atoms. The van der Waals surface area contributed by atoms with Crippen LogP contribution in [0.2, 0.25) is 5.02 Å². The van der Waals surface area contributed by atoms with Crippen LogP contribution >= 0.6 is 11.6 Å². The third-order valence-corrected chi connectivity index (χ3v) is 4.26. The normalized spacial score (nSPS) is 11.5. The van der Waals surface area contributed by atoms with Gasteiger partial charge in [-0.15, -0.1) is 0 Å². The predicted octanol–water partition coefficient (Wildman–Crippen LogP) is 5.26. The largest absolute Gasteiger partial charge is 0.495 e. The van der Waals surface area contributed by atoms with E-state index >= 15 is 0 Å². The van der Waals surface area contributed by atoms with E-state index < -0.39 is 0 Å². The number of hydrogen-bond donors (Lipinski definition) is 0. The van der Waals surface area contributed by atoms with Crippen LogP contribution in [0.4, 0.5) is 0 Å². The number of carbonyl (C=O) groups excluding carboxylic acids is 1. The number of halogens is 1. The number of ether oxygens (including phenoxy) is 3. The van der Waals surface area contributed by atoms with E-state index in [1.165, 1.54) is 0 Å². The lowest BCUT2D eigenvalue weighted by atomic mass is 10.0. The number of esters is 1. The van der Waals surface area contributed by atoms with Crippen molar-refractivity contribution in [2.24, 2.45) is 0 Å². The molecule has 0 aliphatic carbocycles. The van der Waals surface area contributed by atoms with Crippen molar-refractivity contribution < 1.29 is 19.0 Å². The first-order valence-corrected chi connectivity index (χ1v) is 8.66. The van der Waals surface area contributed by atoms with Crippen LogP contribution in [0.5, 0.6) is 11.5 Å². The molecule has 2 aromatic rings. The number of carbonyl (C=O) groups is 1. The molecule has 0 radical (unpaired) electrons. The zero-order chi connectivity index (χ0) is 18.4. The lowest BCUT2D eigenvalue weighted by molar-refractivity contribution is -0.138. The predicted molar refractivity (Wildman–Crippen MR) is 102 cm³/mol. The van der Waals surface area contributed by atoms with Gasteiger partial charge in [-0.1, -0.05) is 49.2 Å². The topological polar surface area (TPSA) is 44.8 Å². The smallest absolute Gasteiger partial charge is 0.334 e. The summed E-state index contributed by atoms with van der Waals surface area (Å²) in [5, 5.41) is 2.14. The van der Waals surface area contributed by atoms with Crippen LogP contribution < -0.4 is 9.47 Å². The van der Waals surface area contributed by atoms with E-state index in [-0.39, 0.29) is 5.97 Å². The minimum Gasteiger partial charge on any atom is -0.495 e. The van der Waals surface area contributed by atoms with Crippen molar-refractivity contribution in [1.29, 1.82) is 0 Å². The highest BCUT2D eigenvalue weighted by atomic mass is 35.5. The molecule has 0 fully saturated rings. The quantitative estimate of drug-likeness (QED) is 0.498. The highest BCUT2D eigenvalue weighted by molar-refractivity contribution is 6.35. The zero-order valence-corrected chi connectivity index (χ0v) is 15.8. The summed E-state index contributed by atoms with van der Waals surface area (Å²) in [6.07, 6.45) is 3.15. The maximum absolute atomic E-state index is 12.3. The van der Waals surface area contributed by atoms with E-state index in [0.29, 0.717) is 40.7 Å². The summed E-state index contributed by atoms with van der Waals surface area (Å²) in [7, 11) is 3.16. The Morgan fingerprint density at radius 1 is 1.08 bits per heavy atom. The Hall–Kier alpha value is -2.20. The molecule has 2 rings (SSSR count). The van der Waals surface area contributed by atoms with E-state index in [1.807, 2.05) is 31.2 Å². The van der Waals surface area contributed by atoms with Crippen LogP contribution in [-0.2, 0) is 9.53 Å². The van der Waals surface area contributed by atoms with E-state index in [0.717, 1.165) is 17.2 Å². The molecular weight excluding hydrogens is 340 g/mol. The van der Waals surface area contributed by atoms with Crippen molar-refractivity contribution in [2.45, 2.75) is 26.7 Å². The first-order chi connectivity index (χ1) is 12.1. The van der Waals surface area contributed by atoms with E-state index in [4.69, 9.17) is 25.8 Å². The molecule has 0 N–H and O–H groups in total. The van der Waals surface area contributed by atoms with Gasteiger partial charge in [-0.05, 0) is 19.4 Å². The van der Waals surface area contributed by atoms with Gasteiger partial charge in [0.05, 0.1) is 25.8 Å². The van der Waals surface area contributed by atoms with Gasteiger partial charge < -0.3 is 14.2 Å². The minimum absolute atomic E-state index is 0.325. The van der Waals surface area contributed by atoms with Crippen LogP contribution in [0.1, 0.15) is 32.3 Å². The SMILES string of the molecule is CCC/C(=C/c1c(Cl)c(OC)c2ccccc2c1OC)C(=O)OCC. The Morgan fingerprint density at radius 3 is 2.20 bits per heavy atom. The van der Waals surface area contributed by atoms with Crippen molar-refractivity contribution in [3.63, 3.8) is 0 Å². The molecule has 0 spiro atoms. The molecule has 0 unspecified atom stereocenters. The molecule has 0 heterocycles. The monoisotopic (exact) mass is 362 g/mol. The van der Waals surface area contributed by atoms with Gasteiger partial charge in [-0.3, -0.25) is 0 Å². The number of rotatable bonds is 7. The zero-order valence-electron chi connectivity index (χ0n) is 15.0. The van der Waals surface area contributed by atoms with Crippen LogP contribution in [-0.4, -0.2) is 26.8 Å². The third-order valence-electron chi connectivity index (χ3n) is 3.88. The van der Waals surface area contributed by atoms with Crippen molar-refractivity contribution in [3.05, 3.63) is 40.4 Å². The Bertz CT molecular complexity index is 796. The molecule has 134 valence electrons. The van der Waals surface area contributed by atoms with Gasteiger partial charge in [0.15, 0.2) is 0 Å². The Kier molecular flexibility index (Phi) is 6.71. The molecule has 0 amide bonds. The molecular formula is C20H23ClO4.